The van der Waals surface area contributed by atoms with E-state index in [4.69, 9.17) is 10.6 Å². The summed E-state index contributed by atoms with van der Waals surface area (Å²) in [6.07, 6.45) is 1.89. The first-order chi connectivity index (χ1) is 4.72. The second kappa shape index (κ2) is 4.40. The zero-order valence-electron chi connectivity index (χ0n) is 5.48. The fourth-order valence-corrected chi connectivity index (χ4v) is 0.412. The summed E-state index contributed by atoms with van der Waals surface area (Å²) in [5, 5.41) is 11.3. The second-order valence-electron chi connectivity index (χ2n) is 1.49. The Balaban J connectivity index is 4.41. The van der Waals surface area contributed by atoms with Gasteiger partial charge in [-0.2, -0.15) is 0 Å². The molecule has 0 aromatic carbocycles. The Kier molecular flexibility index (Phi) is 3.75. The topological polar surface area (TPSA) is 86.1 Å². The molecule has 0 saturated heterocycles. The number of aliphatic carboxylic acids is 1. The van der Waals surface area contributed by atoms with Gasteiger partial charge in [0, 0.05) is 4.91 Å². The number of allylic oxidation sites excluding steroid dienone is 1. The average Bonchev–Trinajstić information content (AvgIpc) is 1.87. The molecular weight excluding hydrogens is 134 g/mol. The third-order valence-corrected chi connectivity index (χ3v) is 0.769. The highest BCUT2D eigenvalue weighted by molar-refractivity contribution is 5.85. The van der Waals surface area contributed by atoms with Gasteiger partial charge in [-0.1, -0.05) is 18.1 Å². The molecule has 54 valence electrons. The van der Waals surface area contributed by atoms with Crippen molar-refractivity contribution in [1.82, 2.24) is 0 Å². The quantitative estimate of drug-likeness (QED) is 0.280. The van der Waals surface area contributed by atoms with Gasteiger partial charge in [0.05, 0.1) is 0 Å². The number of hydrogen-bond acceptors (Lipinski definition) is 2. The molecule has 0 fully saturated rings. The van der Waals surface area contributed by atoms with Gasteiger partial charge in [-0.05, 0) is 12.0 Å². The van der Waals surface area contributed by atoms with Gasteiger partial charge in [0.25, 0.3) is 0 Å². The summed E-state index contributed by atoms with van der Waals surface area (Å²) in [6, 6.07) is 0. The Hall–Kier alpha value is -1.48. The van der Waals surface area contributed by atoms with Crippen molar-refractivity contribution < 1.29 is 9.90 Å². The molecular formula is C5H7N3O2. The zero-order chi connectivity index (χ0) is 7.98. The van der Waals surface area contributed by atoms with Gasteiger partial charge >= 0.3 is 5.97 Å². The van der Waals surface area contributed by atoms with Crippen molar-refractivity contribution >= 4 is 5.97 Å². The molecule has 0 saturated carbocycles. The van der Waals surface area contributed by atoms with Gasteiger partial charge in [-0.25, -0.2) is 4.79 Å². The summed E-state index contributed by atoms with van der Waals surface area (Å²) < 4.78 is 0. The minimum Gasteiger partial charge on any atom is -0.478 e. The highest BCUT2D eigenvalue weighted by atomic mass is 16.4. The molecule has 0 radical (unpaired) electrons. The first-order valence-electron chi connectivity index (χ1n) is 2.71. The van der Waals surface area contributed by atoms with Crippen LogP contribution in [0.4, 0.5) is 0 Å². The average molecular weight is 141 g/mol. The number of carboxylic acid groups (broad SMARTS) is 1. The van der Waals surface area contributed by atoms with Crippen LogP contribution < -0.4 is 0 Å². The Morgan fingerprint density at radius 1 is 1.90 bits per heavy atom. The van der Waals surface area contributed by atoms with Crippen molar-refractivity contribution in [3.05, 3.63) is 22.2 Å². The lowest BCUT2D eigenvalue weighted by Crippen LogP contribution is -1.96. The van der Waals surface area contributed by atoms with Crippen LogP contribution in [-0.2, 0) is 4.79 Å². The molecule has 0 bridgehead atoms. The highest BCUT2D eigenvalue weighted by Crippen LogP contribution is 1.98. The molecule has 0 unspecified atom stereocenters. The van der Waals surface area contributed by atoms with Crippen LogP contribution in [0.25, 0.3) is 10.4 Å². The first-order valence-corrected chi connectivity index (χ1v) is 2.71. The van der Waals surface area contributed by atoms with E-state index >= 15 is 0 Å². The lowest BCUT2D eigenvalue weighted by molar-refractivity contribution is -0.132. The van der Waals surface area contributed by atoms with Gasteiger partial charge in [0.1, 0.15) is 5.70 Å². The Morgan fingerprint density at radius 3 is 2.80 bits per heavy atom. The number of carboxylic acids is 1. The molecule has 0 rings (SSSR count). The molecule has 0 aliphatic carbocycles. The summed E-state index contributed by atoms with van der Waals surface area (Å²) in [4.78, 5) is 12.5. The van der Waals surface area contributed by atoms with Crippen LogP contribution in [0.15, 0.2) is 16.9 Å². The van der Waals surface area contributed by atoms with Gasteiger partial charge < -0.3 is 5.11 Å². The fraction of sp³-hybridized carbons (Fsp3) is 0.400. The van der Waals surface area contributed by atoms with E-state index in [0.717, 1.165) is 0 Å². The number of nitrogens with zero attached hydrogens (tertiary/aromatic N) is 3. The Bertz CT molecular complexity index is 199. The van der Waals surface area contributed by atoms with E-state index < -0.39 is 5.97 Å². The Morgan fingerprint density at radius 2 is 2.50 bits per heavy atom. The molecule has 5 nitrogen and oxygen atoms in total. The van der Waals surface area contributed by atoms with Crippen LogP contribution in [0.5, 0.6) is 0 Å². The molecule has 5 heteroatoms. The molecule has 0 amide bonds. The number of hydrogen-bond donors (Lipinski definition) is 1. The maximum Gasteiger partial charge on any atom is 0.337 e. The smallest absolute Gasteiger partial charge is 0.337 e. The van der Waals surface area contributed by atoms with Crippen LogP contribution >= 0.6 is 0 Å². The molecule has 0 aromatic rings. The fourth-order valence-electron chi connectivity index (χ4n) is 0.412. The van der Waals surface area contributed by atoms with Crippen molar-refractivity contribution in [3.8, 4) is 0 Å². The third kappa shape index (κ3) is 2.74. The van der Waals surface area contributed by atoms with Crippen molar-refractivity contribution in [3.63, 3.8) is 0 Å². The van der Waals surface area contributed by atoms with E-state index in [9.17, 15) is 4.79 Å². The SMILES string of the molecule is CCC=C(N=[N+]=[N-])C(=O)O. The molecule has 0 atom stereocenters. The molecule has 10 heavy (non-hydrogen) atoms. The summed E-state index contributed by atoms with van der Waals surface area (Å²) in [7, 11) is 0. The maximum absolute atomic E-state index is 10.1. The minimum atomic E-state index is -1.19. The summed E-state index contributed by atoms with van der Waals surface area (Å²) in [5.74, 6) is -1.19. The zero-order valence-corrected chi connectivity index (χ0v) is 5.48. The third-order valence-electron chi connectivity index (χ3n) is 0.769. The summed E-state index contributed by atoms with van der Waals surface area (Å²) >= 11 is 0. The van der Waals surface area contributed by atoms with Crippen LogP contribution in [-0.4, -0.2) is 11.1 Å². The Labute approximate surface area is 57.6 Å². The largest absolute Gasteiger partial charge is 0.478 e. The van der Waals surface area contributed by atoms with E-state index in [0.29, 0.717) is 6.42 Å². The molecule has 0 aliphatic rings. The van der Waals surface area contributed by atoms with Crippen LogP contribution in [0.1, 0.15) is 13.3 Å². The number of rotatable bonds is 3. The van der Waals surface area contributed by atoms with Crippen molar-refractivity contribution in [1.29, 1.82) is 0 Å². The predicted octanol–water partition coefficient (Wildman–Crippen LogP) is 1.68. The van der Waals surface area contributed by atoms with Gasteiger partial charge in [-0.15, -0.1) is 0 Å². The molecule has 1 N–H and O–H groups in total. The molecule has 0 aromatic heterocycles. The molecule has 0 spiro atoms. The standard InChI is InChI=1S/C5H7N3O2/c1-2-3-4(5(9)10)7-8-6/h3H,2H2,1H3,(H,9,10). The summed E-state index contributed by atoms with van der Waals surface area (Å²) in [5.41, 5.74) is 7.62. The van der Waals surface area contributed by atoms with Crippen LogP contribution in [0.3, 0.4) is 0 Å². The van der Waals surface area contributed by atoms with E-state index in [-0.39, 0.29) is 5.70 Å². The monoisotopic (exact) mass is 141 g/mol. The summed E-state index contributed by atoms with van der Waals surface area (Å²) in [6.45, 7) is 1.76. The van der Waals surface area contributed by atoms with Gasteiger partial charge in [0.2, 0.25) is 0 Å². The van der Waals surface area contributed by atoms with Crippen LogP contribution in [0.2, 0.25) is 0 Å². The van der Waals surface area contributed by atoms with Gasteiger partial charge in [0.15, 0.2) is 0 Å². The highest BCUT2D eigenvalue weighted by Gasteiger charge is 2.00. The number of carbonyl (C=O) groups is 1. The maximum atomic E-state index is 10.1. The van der Waals surface area contributed by atoms with E-state index in [1.54, 1.807) is 6.92 Å². The van der Waals surface area contributed by atoms with Crippen molar-refractivity contribution in [2.24, 2.45) is 5.11 Å². The van der Waals surface area contributed by atoms with Crippen molar-refractivity contribution in [2.45, 2.75) is 13.3 Å². The van der Waals surface area contributed by atoms with Gasteiger partial charge in [-0.3, -0.25) is 0 Å². The number of azide groups is 1. The molecule has 0 aliphatic heterocycles. The molecule has 0 heterocycles. The lowest BCUT2D eigenvalue weighted by atomic mass is 10.3. The van der Waals surface area contributed by atoms with Crippen molar-refractivity contribution in [2.75, 3.05) is 0 Å². The normalized spacial score (nSPS) is 10.3. The van der Waals surface area contributed by atoms with E-state index in [2.05, 4.69) is 10.0 Å². The first kappa shape index (κ1) is 8.52. The minimum absolute atomic E-state index is 0.245. The van der Waals surface area contributed by atoms with Crippen LogP contribution in [0, 0.1) is 0 Å². The predicted molar refractivity (Wildman–Crippen MR) is 35.2 cm³/mol. The van der Waals surface area contributed by atoms with E-state index in [1.807, 2.05) is 0 Å². The second-order valence-corrected chi connectivity index (χ2v) is 1.49. The lowest BCUT2D eigenvalue weighted by Gasteiger charge is -1.87. The van der Waals surface area contributed by atoms with E-state index in [1.165, 1.54) is 6.08 Å².